The van der Waals surface area contributed by atoms with Gasteiger partial charge >= 0.3 is 0 Å². The lowest BCUT2D eigenvalue weighted by atomic mass is 10.0. The van der Waals surface area contributed by atoms with Crippen molar-refractivity contribution in [2.45, 2.75) is 75.2 Å². The second-order valence-electron chi connectivity index (χ2n) is 12.2. The van der Waals surface area contributed by atoms with Gasteiger partial charge in [-0.25, -0.2) is 0 Å². The zero-order chi connectivity index (χ0) is 34.5. The van der Waals surface area contributed by atoms with Gasteiger partial charge in [-0.3, -0.25) is 24.0 Å². The molecule has 3 aromatic rings. The summed E-state index contributed by atoms with van der Waals surface area (Å²) in [6.45, 7) is 6.03. The normalized spacial score (nSPS) is 20.6. The van der Waals surface area contributed by atoms with Gasteiger partial charge in [0.15, 0.2) is 5.76 Å². The number of thioether (sulfide) groups is 1. The molecule has 5 amide bonds. The second kappa shape index (κ2) is 18.1. The predicted octanol–water partition coefficient (Wildman–Crippen LogP) is 3.69. The Morgan fingerprint density at radius 1 is 0.854 bits per heavy atom. The van der Waals surface area contributed by atoms with E-state index in [-0.39, 0.29) is 55.3 Å². The monoisotopic (exact) mass is 675 g/mol. The highest BCUT2D eigenvalue weighted by molar-refractivity contribution is 7.98. The smallest absolute Gasteiger partial charge is 0.289 e. The number of benzene rings is 2. The van der Waals surface area contributed by atoms with Gasteiger partial charge in [-0.2, -0.15) is 0 Å². The minimum atomic E-state index is -0.945. The van der Waals surface area contributed by atoms with Gasteiger partial charge in [0.25, 0.3) is 5.91 Å². The van der Waals surface area contributed by atoms with Crippen LogP contribution < -0.4 is 21.3 Å². The van der Waals surface area contributed by atoms with E-state index in [2.05, 4.69) is 21.3 Å². The van der Waals surface area contributed by atoms with Crippen LogP contribution in [0.4, 0.5) is 0 Å². The Kier molecular flexibility index (Phi) is 13.7. The molecule has 1 aliphatic rings. The average molecular weight is 676 g/mol. The van der Waals surface area contributed by atoms with Crippen molar-refractivity contribution in [1.82, 2.24) is 26.2 Å². The minimum Gasteiger partial charge on any atom is -0.455 e. The van der Waals surface area contributed by atoms with Crippen molar-refractivity contribution >= 4 is 41.3 Å². The molecule has 1 saturated heterocycles. The van der Waals surface area contributed by atoms with E-state index < -0.39 is 29.9 Å². The number of amides is 5. The van der Waals surface area contributed by atoms with E-state index in [1.165, 1.54) is 6.92 Å². The molecule has 1 fully saturated rings. The Balaban J connectivity index is 1.49. The quantitative estimate of drug-likeness (QED) is 0.279. The molecule has 12 heteroatoms. The molecule has 0 aliphatic carbocycles. The lowest BCUT2D eigenvalue weighted by Crippen LogP contribution is -2.57. The summed E-state index contributed by atoms with van der Waals surface area (Å²) in [5.74, 6) is -0.831. The molecule has 11 nitrogen and oxygen atoms in total. The van der Waals surface area contributed by atoms with Crippen LogP contribution in [-0.4, -0.2) is 72.2 Å². The number of carbonyl (C=O) groups excluding carboxylic acids is 5. The van der Waals surface area contributed by atoms with Gasteiger partial charge in [0.05, 0.1) is 5.75 Å². The molecule has 4 N–H and O–H groups in total. The van der Waals surface area contributed by atoms with Crippen molar-refractivity contribution in [3.05, 3.63) is 89.9 Å². The van der Waals surface area contributed by atoms with Gasteiger partial charge in [0, 0.05) is 37.4 Å². The van der Waals surface area contributed by atoms with Crippen molar-refractivity contribution in [1.29, 1.82) is 0 Å². The second-order valence-corrected chi connectivity index (χ2v) is 13.2. The van der Waals surface area contributed by atoms with E-state index in [1.807, 2.05) is 74.5 Å². The Morgan fingerprint density at radius 2 is 1.54 bits per heavy atom. The van der Waals surface area contributed by atoms with Crippen molar-refractivity contribution in [3.63, 3.8) is 0 Å². The van der Waals surface area contributed by atoms with Gasteiger partial charge in [-0.05, 0) is 55.5 Å². The van der Waals surface area contributed by atoms with E-state index >= 15 is 0 Å². The van der Waals surface area contributed by atoms with Gasteiger partial charge in [0.2, 0.25) is 23.6 Å². The van der Waals surface area contributed by atoms with Gasteiger partial charge < -0.3 is 30.6 Å². The van der Waals surface area contributed by atoms with Crippen LogP contribution in [-0.2, 0) is 31.4 Å². The summed E-state index contributed by atoms with van der Waals surface area (Å²) in [5, 5.41) is 11.1. The first kappa shape index (κ1) is 36.3. The maximum atomic E-state index is 13.6. The number of hydrogen-bond acceptors (Lipinski definition) is 7. The Labute approximate surface area is 286 Å². The standard InChI is InChI=1S/C36H45N5O6S/c1-24(2)32-35(45)37-19-11-21-41(36(46)30-18-17-27(47-30)23-48-28-14-8-5-9-15-28)20-10-16-31(42)39-29(22-26-12-6-4-7-13-26)34(44)38-25(3)33(43)40-32/h4-9,12-15,17-18,24-25,29,32H,10-11,16,19-23H2,1-3H3,(H,37,45)(H,38,44)(H,39,42)(H,40,43)/t25-,29+,32-/m1/s1. The van der Waals surface area contributed by atoms with Crippen LogP contribution in [0.2, 0.25) is 0 Å². The van der Waals surface area contributed by atoms with Crippen molar-refractivity contribution in [2.75, 3.05) is 19.6 Å². The van der Waals surface area contributed by atoms with E-state index in [1.54, 1.807) is 28.8 Å². The highest BCUT2D eigenvalue weighted by Crippen LogP contribution is 2.24. The summed E-state index contributed by atoms with van der Waals surface area (Å²) in [6, 6.07) is 19.9. The van der Waals surface area contributed by atoms with E-state index in [9.17, 15) is 24.0 Å². The Bertz CT molecular complexity index is 1530. The molecule has 2 heterocycles. The molecule has 48 heavy (non-hydrogen) atoms. The van der Waals surface area contributed by atoms with Crippen LogP contribution in [0.15, 0.2) is 82.1 Å². The third-order valence-electron chi connectivity index (χ3n) is 7.95. The van der Waals surface area contributed by atoms with Crippen molar-refractivity contribution < 1.29 is 28.4 Å². The fourth-order valence-corrected chi connectivity index (χ4v) is 6.07. The summed E-state index contributed by atoms with van der Waals surface area (Å²) in [5.41, 5.74) is 0.838. The number of hydrogen-bond donors (Lipinski definition) is 4. The predicted molar refractivity (Wildman–Crippen MR) is 184 cm³/mol. The first-order valence-corrected chi connectivity index (χ1v) is 17.4. The van der Waals surface area contributed by atoms with Crippen molar-refractivity contribution in [2.24, 2.45) is 5.92 Å². The topological polar surface area (TPSA) is 150 Å². The third kappa shape index (κ3) is 11.0. The van der Waals surface area contributed by atoms with Crippen LogP contribution in [0.3, 0.4) is 0 Å². The molecule has 0 spiro atoms. The van der Waals surface area contributed by atoms with Gasteiger partial charge in [-0.1, -0.05) is 62.4 Å². The van der Waals surface area contributed by atoms with E-state index in [0.717, 1.165) is 10.5 Å². The van der Waals surface area contributed by atoms with Crippen molar-refractivity contribution in [3.8, 4) is 0 Å². The van der Waals surface area contributed by atoms with Crippen LogP contribution in [0.1, 0.15) is 61.9 Å². The number of carbonyl (C=O) groups is 5. The first-order valence-electron chi connectivity index (χ1n) is 16.4. The van der Waals surface area contributed by atoms with E-state index in [4.69, 9.17) is 4.42 Å². The third-order valence-corrected chi connectivity index (χ3v) is 8.99. The molecular weight excluding hydrogens is 630 g/mol. The Hall–Kier alpha value is -4.58. The lowest BCUT2D eigenvalue weighted by Gasteiger charge is -2.26. The summed E-state index contributed by atoms with van der Waals surface area (Å²) in [6.07, 6.45) is 1.08. The van der Waals surface area contributed by atoms with Gasteiger partial charge in [-0.15, -0.1) is 11.8 Å². The molecule has 4 rings (SSSR count). The molecular formula is C36H45N5O6S. The number of rotatable bonds is 7. The largest absolute Gasteiger partial charge is 0.455 e. The first-order chi connectivity index (χ1) is 23.1. The van der Waals surface area contributed by atoms with Crippen LogP contribution in [0.5, 0.6) is 0 Å². The zero-order valence-electron chi connectivity index (χ0n) is 27.7. The molecule has 0 bridgehead atoms. The fraction of sp³-hybridized carbons (Fsp3) is 0.417. The molecule has 0 saturated carbocycles. The minimum absolute atomic E-state index is 0.0717. The molecule has 0 radical (unpaired) electrons. The maximum absolute atomic E-state index is 13.6. The highest BCUT2D eigenvalue weighted by Gasteiger charge is 2.29. The van der Waals surface area contributed by atoms with Gasteiger partial charge in [0.1, 0.15) is 23.9 Å². The average Bonchev–Trinajstić information content (AvgIpc) is 3.56. The molecule has 2 aromatic carbocycles. The maximum Gasteiger partial charge on any atom is 0.289 e. The van der Waals surface area contributed by atoms with Crippen LogP contribution >= 0.6 is 11.8 Å². The number of furan rings is 1. The summed E-state index contributed by atoms with van der Waals surface area (Å²) < 4.78 is 5.92. The summed E-state index contributed by atoms with van der Waals surface area (Å²) in [4.78, 5) is 69.0. The summed E-state index contributed by atoms with van der Waals surface area (Å²) >= 11 is 1.60. The molecule has 0 unspecified atom stereocenters. The fourth-order valence-electron chi connectivity index (χ4n) is 5.25. The van der Waals surface area contributed by atoms with Crippen LogP contribution in [0.25, 0.3) is 0 Å². The molecule has 1 aromatic heterocycles. The molecule has 256 valence electrons. The number of nitrogens with zero attached hydrogens (tertiary/aromatic N) is 1. The Morgan fingerprint density at radius 3 is 2.25 bits per heavy atom. The lowest BCUT2D eigenvalue weighted by molar-refractivity contribution is -0.134. The van der Waals surface area contributed by atoms with Crippen LogP contribution in [0, 0.1) is 5.92 Å². The summed E-state index contributed by atoms with van der Waals surface area (Å²) in [7, 11) is 0. The SMILES string of the molecule is CC(C)[C@H]1NC(=O)[C@@H](C)NC(=O)[C@H](Cc2ccccc2)NC(=O)CCCN(C(=O)c2ccc(CSc3ccccc3)o2)CCCNC1=O. The molecule has 3 atom stereocenters. The zero-order valence-corrected chi connectivity index (χ0v) is 28.5. The number of nitrogens with one attached hydrogen (secondary N) is 4. The molecule has 1 aliphatic heterocycles. The van der Waals surface area contributed by atoms with E-state index in [0.29, 0.717) is 30.9 Å². The highest BCUT2D eigenvalue weighted by atomic mass is 32.2.